The fraction of sp³-hybridized carbons (Fsp3) is 0.333. The van der Waals surface area contributed by atoms with Gasteiger partial charge in [-0.1, -0.05) is 23.5 Å². The van der Waals surface area contributed by atoms with Gasteiger partial charge in [0.15, 0.2) is 0 Å². The van der Waals surface area contributed by atoms with Crippen LogP contribution in [0, 0.1) is 6.92 Å². The second kappa shape index (κ2) is 6.66. The Bertz CT molecular complexity index is 994. The molecule has 1 unspecified atom stereocenters. The molecule has 2 amide bonds. The van der Waals surface area contributed by atoms with E-state index < -0.39 is 0 Å². The van der Waals surface area contributed by atoms with Crippen molar-refractivity contribution in [1.29, 1.82) is 0 Å². The van der Waals surface area contributed by atoms with Crippen molar-refractivity contribution >= 4 is 44.6 Å². The number of likely N-dealkylation sites (N-methyl/N-ethyl adjacent to an activating group) is 1. The zero-order valence-electron chi connectivity index (χ0n) is 15.3. The van der Waals surface area contributed by atoms with Crippen LogP contribution in [-0.2, 0) is 9.59 Å². The molecule has 1 aliphatic heterocycles. The number of benzene rings is 1. The second-order valence-electron chi connectivity index (χ2n) is 6.73. The average molecular weight is 384 g/mol. The zero-order chi connectivity index (χ0) is 19.1. The minimum Gasteiger partial charge on any atom is -0.340 e. The van der Waals surface area contributed by atoms with E-state index in [4.69, 9.17) is 0 Å². The largest absolute Gasteiger partial charge is 0.340 e. The normalized spacial score (nSPS) is 16.8. The number of anilines is 3. The van der Waals surface area contributed by atoms with Crippen LogP contribution in [0.1, 0.15) is 19.0 Å². The van der Waals surface area contributed by atoms with Gasteiger partial charge in [0.2, 0.25) is 21.9 Å². The van der Waals surface area contributed by atoms with Gasteiger partial charge in [-0.15, -0.1) is 5.10 Å². The van der Waals surface area contributed by atoms with Crippen molar-refractivity contribution in [2.75, 3.05) is 28.7 Å². The van der Waals surface area contributed by atoms with Crippen LogP contribution in [0.2, 0.25) is 0 Å². The molecule has 2 aromatic heterocycles. The first kappa shape index (κ1) is 17.5. The second-order valence-corrected chi connectivity index (χ2v) is 7.67. The lowest BCUT2D eigenvalue weighted by Gasteiger charge is -2.29. The molecule has 1 aromatic carbocycles. The number of hydrogen-bond acceptors (Lipinski definition) is 6. The van der Waals surface area contributed by atoms with Crippen LogP contribution in [0.3, 0.4) is 0 Å². The number of imidazole rings is 1. The molecule has 3 heterocycles. The Morgan fingerprint density at radius 2 is 2.19 bits per heavy atom. The summed E-state index contributed by atoms with van der Waals surface area (Å²) in [5.41, 5.74) is 2.29. The predicted molar refractivity (Wildman–Crippen MR) is 106 cm³/mol. The Morgan fingerprint density at radius 3 is 2.96 bits per heavy atom. The quantitative estimate of drug-likeness (QED) is 0.749. The Balaban J connectivity index is 1.59. The molecular weight excluding hydrogens is 364 g/mol. The highest BCUT2D eigenvalue weighted by Crippen LogP contribution is 2.31. The van der Waals surface area contributed by atoms with Gasteiger partial charge < -0.3 is 15.1 Å². The summed E-state index contributed by atoms with van der Waals surface area (Å²) in [5, 5.41) is 8.08. The van der Waals surface area contributed by atoms with Crippen LogP contribution in [-0.4, -0.2) is 46.0 Å². The van der Waals surface area contributed by atoms with Gasteiger partial charge in [-0.3, -0.25) is 9.59 Å². The molecule has 9 heteroatoms. The minimum atomic E-state index is -0.231. The van der Waals surface area contributed by atoms with Crippen molar-refractivity contribution in [2.45, 2.75) is 26.3 Å². The lowest BCUT2D eigenvalue weighted by atomic mass is 10.1. The van der Waals surface area contributed by atoms with E-state index in [-0.39, 0.29) is 30.8 Å². The van der Waals surface area contributed by atoms with Gasteiger partial charge in [-0.2, -0.15) is 0 Å². The summed E-state index contributed by atoms with van der Waals surface area (Å²) in [4.78, 5) is 33.9. The van der Waals surface area contributed by atoms with E-state index in [2.05, 4.69) is 15.4 Å². The lowest BCUT2D eigenvalue weighted by Crippen LogP contribution is -2.44. The third kappa shape index (κ3) is 3.25. The first-order valence-electron chi connectivity index (χ1n) is 8.67. The van der Waals surface area contributed by atoms with E-state index in [0.29, 0.717) is 5.69 Å². The fourth-order valence-corrected chi connectivity index (χ4v) is 4.16. The number of carbonyl (C=O) groups excluding carboxylic acids is 2. The van der Waals surface area contributed by atoms with Gasteiger partial charge in [0, 0.05) is 19.5 Å². The molecule has 140 valence electrons. The number of nitrogens with one attached hydrogen (secondary N) is 1. The first-order valence-corrected chi connectivity index (χ1v) is 9.49. The van der Waals surface area contributed by atoms with E-state index in [9.17, 15) is 9.59 Å². The van der Waals surface area contributed by atoms with Crippen molar-refractivity contribution < 1.29 is 9.59 Å². The lowest BCUT2D eigenvalue weighted by molar-refractivity contribution is -0.118. The summed E-state index contributed by atoms with van der Waals surface area (Å²) < 4.78 is 1.72. The third-order valence-electron chi connectivity index (χ3n) is 4.48. The topological polar surface area (TPSA) is 82.8 Å². The molecule has 0 saturated heterocycles. The monoisotopic (exact) mass is 384 g/mol. The Kier molecular flexibility index (Phi) is 4.31. The van der Waals surface area contributed by atoms with Gasteiger partial charge in [-0.05, 0) is 26.0 Å². The SMILES string of the molecule is Cc1cn2nc(N(C)CC(=O)N3c4ccccc4NC(=O)CC3C)sc2n1. The van der Waals surface area contributed by atoms with Crippen LogP contribution in [0.25, 0.3) is 4.96 Å². The number of nitrogens with zero attached hydrogens (tertiary/aromatic N) is 5. The molecule has 27 heavy (non-hydrogen) atoms. The van der Waals surface area contributed by atoms with Crippen molar-refractivity contribution in [3.63, 3.8) is 0 Å². The maximum absolute atomic E-state index is 13.1. The molecule has 0 aliphatic carbocycles. The fourth-order valence-electron chi connectivity index (χ4n) is 3.27. The number of para-hydroxylation sites is 2. The average Bonchev–Trinajstić information content (AvgIpc) is 3.09. The smallest absolute Gasteiger partial charge is 0.246 e. The van der Waals surface area contributed by atoms with Crippen LogP contribution in [0.15, 0.2) is 30.5 Å². The summed E-state index contributed by atoms with van der Waals surface area (Å²) in [5.74, 6) is -0.173. The predicted octanol–water partition coefficient (Wildman–Crippen LogP) is 2.30. The maximum atomic E-state index is 13.1. The minimum absolute atomic E-state index is 0.0852. The number of rotatable bonds is 3. The molecule has 0 saturated carbocycles. The molecule has 1 aliphatic rings. The molecule has 0 bridgehead atoms. The van der Waals surface area contributed by atoms with Gasteiger partial charge in [0.25, 0.3) is 0 Å². The number of fused-ring (bicyclic) bond motifs is 2. The van der Waals surface area contributed by atoms with Crippen LogP contribution < -0.4 is 15.1 Å². The highest BCUT2D eigenvalue weighted by atomic mass is 32.1. The highest BCUT2D eigenvalue weighted by Gasteiger charge is 2.30. The standard InChI is InChI=1S/C18H20N6O2S/c1-11-9-23-17(19-11)27-18(21-23)22(3)10-16(26)24-12(2)8-15(25)20-13-6-4-5-7-14(13)24/h4-7,9,12H,8,10H2,1-3H3,(H,20,25). The summed E-state index contributed by atoms with van der Waals surface area (Å²) in [6.45, 7) is 3.96. The van der Waals surface area contributed by atoms with Gasteiger partial charge in [-0.25, -0.2) is 9.50 Å². The summed E-state index contributed by atoms with van der Waals surface area (Å²) in [6, 6.07) is 7.15. The van der Waals surface area contributed by atoms with E-state index in [1.165, 1.54) is 11.3 Å². The molecular formula is C18H20N6O2S. The Labute approximate surface area is 160 Å². The molecule has 0 spiro atoms. The Morgan fingerprint density at radius 1 is 1.41 bits per heavy atom. The first-order chi connectivity index (χ1) is 12.9. The number of aryl methyl sites for hydroxylation is 1. The van der Waals surface area contributed by atoms with E-state index in [1.807, 2.05) is 56.3 Å². The number of hydrogen-bond donors (Lipinski definition) is 1. The molecule has 8 nitrogen and oxygen atoms in total. The van der Waals surface area contributed by atoms with Crippen molar-refractivity contribution in [2.24, 2.45) is 0 Å². The van der Waals surface area contributed by atoms with Crippen molar-refractivity contribution in [3.05, 3.63) is 36.2 Å². The van der Waals surface area contributed by atoms with Gasteiger partial charge in [0.1, 0.15) is 0 Å². The van der Waals surface area contributed by atoms with Gasteiger partial charge in [0.05, 0.1) is 29.8 Å². The maximum Gasteiger partial charge on any atom is 0.246 e. The summed E-state index contributed by atoms with van der Waals surface area (Å²) >= 11 is 1.44. The van der Waals surface area contributed by atoms with E-state index in [0.717, 1.165) is 21.5 Å². The molecule has 0 radical (unpaired) electrons. The molecule has 3 aromatic rings. The molecule has 1 N–H and O–H groups in total. The molecule has 4 rings (SSSR count). The Hall–Kier alpha value is -2.94. The van der Waals surface area contributed by atoms with E-state index in [1.54, 1.807) is 9.42 Å². The molecule has 0 fully saturated rings. The number of aromatic nitrogens is 3. The van der Waals surface area contributed by atoms with Crippen molar-refractivity contribution in [3.8, 4) is 0 Å². The third-order valence-corrected chi connectivity index (χ3v) is 5.52. The highest BCUT2D eigenvalue weighted by molar-refractivity contribution is 7.20. The van der Waals surface area contributed by atoms with Crippen LogP contribution in [0.4, 0.5) is 16.5 Å². The number of carbonyl (C=O) groups is 2. The van der Waals surface area contributed by atoms with Crippen LogP contribution in [0.5, 0.6) is 0 Å². The molecule has 1 atom stereocenters. The van der Waals surface area contributed by atoms with Crippen molar-refractivity contribution in [1.82, 2.24) is 14.6 Å². The summed E-state index contributed by atoms with van der Waals surface area (Å²) in [6.07, 6.45) is 2.11. The van der Waals surface area contributed by atoms with Gasteiger partial charge >= 0.3 is 0 Å². The zero-order valence-corrected chi connectivity index (χ0v) is 16.2. The summed E-state index contributed by atoms with van der Waals surface area (Å²) in [7, 11) is 1.83. The number of amides is 2. The van der Waals surface area contributed by atoms with E-state index >= 15 is 0 Å². The van der Waals surface area contributed by atoms with Crippen LogP contribution >= 0.6 is 11.3 Å².